The van der Waals surface area contributed by atoms with Gasteiger partial charge in [-0.2, -0.15) is 5.10 Å². The summed E-state index contributed by atoms with van der Waals surface area (Å²) in [7, 11) is 1.55. The van der Waals surface area contributed by atoms with Crippen LogP contribution < -0.4 is 14.9 Å². The van der Waals surface area contributed by atoms with Crippen molar-refractivity contribution < 1.29 is 19.2 Å². The van der Waals surface area contributed by atoms with Crippen LogP contribution in [-0.4, -0.2) is 30.8 Å². The van der Waals surface area contributed by atoms with Crippen LogP contribution in [0.25, 0.3) is 0 Å². The third-order valence-electron chi connectivity index (χ3n) is 3.21. The van der Waals surface area contributed by atoms with Crippen molar-refractivity contribution in [2.24, 2.45) is 5.10 Å². The Balaban J connectivity index is 2.03. The summed E-state index contributed by atoms with van der Waals surface area (Å²) in [5, 5.41) is 14.5. The lowest BCUT2D eigenvalue weighted by Gasteiger charge is -2.09. The molecule has 0 aliphatic carbocycles. The van der Waals surface area contributed by atoms with Gasteiger partial charge in [-0.05, 0) is 42.8 Å². The normalized spacial score (nSPS) is 10.5. The molecule has 0 aromatic heterocycles. The fourth-order valence-corrected chi connectivity index (χ4v) is 2.01. The highest BCUT2D eigenvalue weighted by Crippen LogP contribution is 2.27. The first-order valence-electron chi connectivity index (χ1n) is 7.44. The van der Waals surface area contributed by atoms with E-state index < -0.39 is 10.8 Å². The highest BCUT2D eigenvalue weighted by atomic mass is 16.6. The number of carbonyl (C=O) groups excluding carboxylic acids is 1. The van der Waals surface area contributed by atoms with Crippen molar-refractivity contribution in [1.29, 1.82) is 0 Å². The molecule has 0 spiro atoms. The summed E-state index contributed by atoms with van der Waals surface area (Å²) in [6.45, 7) is 2.36. The van der Waals surface area contributed by atoms with Crippen molar-refractivity contribution in [2.45, 2.75) is 6.92 Å². The van der Waals surface area contributed by atoms with Crippen LogP contribution in [0.1, 0.15) is 22.8 Å². The number of hydrogen-bond donors (Lipinski definition) is 1. The van der Waals surface area contributed by atoms with Crippen LogP contribution in [0.15, 0.2) is 47.6 Å². The molecule has 2 rings (SSSR count). The summed E-state index contributed by atoms with van der Waals surface area (Å²) in [5.74, 6) is 0.717. The molecule has 2 aromatic carbocycles. The van der Waals surface area contributed by atoms with Crippen LogP contribution in [0.3, 0.4) is 0 Å². The van der Waals surface area contributed by atoms with Gasteiger partial charge in [0, 0.05) is 17.7 Å². The van der Waals surface area contributed by atoms with Gasteiger partial charge in [0.25, 0.3) is 11.6 Å². The smallest absolute Gasteiger partial charge is 0.271 e. The Morgan fingerprint density at radius 3 is 2.56 bits per heavy atom. The number of nitrogens with zero attached hydrogens (tertiary/aromatic N) is 2. The lowest BCUT2D eigenvalue weighted by atomic mass is 10.2. The van der Waals surface area contributed by atoms with E-state index in [4.69, 9.17) is 9.47 Å². The Morgan fingerprint density at radius 1 is 1.24 bits per heavy atom. The van der Waals surface area contributed by atoms with Crippen molar-refractivity contribution in [3.8, 4) is 11.5 Å². The van der Waals surface area contributed by atoms with Gasteiger partial charge in [0.1, 0.15) is 0 Å². The maximum absolute atomic E-state index is 11.9. The van der Waals surface area contributed by atoms with Gasteiger partial charge < -0.3 is 9.47 Å². The molecule has 0 aliphatic rings. The first-order valence-corrected chi connectivity index (χ1v) is 7.44. The fraction of sp³-hybridized carbons (Fsp3) is 0.176. The summed E-state index contributed by atoms with van der Waals surface area (Å²) in [6, 6.07) is 10.5. The Kier molecular flexibility index (Phi) is 6.05. The van der Waals surface area contributed by atoms with Crippen molar-refractivity contribution >= 4 is 17.8 Å². The molecule has 1 N–H and O–H groups in total. The molecule has 0 saturated carbocycles. The van der Waals surface area contributed by atoms with Gasteiger partial charge in [-0.15, -0.1) is 0 Å². The molecule has 130 valence electrons. The fourth-order valence-electron chi connectivity index (χ4n) is 2.01. The number of carbonyl (C=O) groups is 1. The van der Waals surface area contributed by atoms with E-state index in [1.165, 1.54) is 30.5 Å². The van der Waals surface area contributed by atoms with E-state index in [0.717, 1.165) is 0 Å². The van der Waals surface area contributed by atoms with Gasteiger partial charge in [0.15, 0.2) is 11.5 Å². The number of amides is 1. The Labute approximate surface area is 144 Å². The number of hydrogen-bond acceptors (Lipinski definition) is 6. The summed E-state index contributed by atoms with van der Waals surface area (Å²) in [4.78, 5) is 22.0. The number of nitro benzene ring substituents is 1. The van der Waals surface area contributed by atoms with Gasteiger partial charge >= 0.3 is 0 Å². The van der Waals surface area contributed by atoms with Gasteiger partial charge in [-0.25, -0.2) is 5.43 Å². The quantitative estimate of drug-likeness (QED) is 0.473. The highest BCUT2D eigenvalue weighted by Gasteiger charge is 2.09. The first kappa shape index (κ1) is 17.9. The number of nitrogens with one attached hydrogen (secondary N) is 1. The Hall–Kier alpha value is -3.42. The zero-order valence-corrected chi connectivity index (χ0v) is 13.8. The number of nitro groups is 1. The molecular formula is C17H17N3O5. The van der Waals surface area contributed by atoms with E-state index in [2.05, 4.69) is 10.5 Å². The van der Waals surface area contributed by atoms with Crippen LogP contribution in [0.4, 0.5) is 5.69 Å². The van der Waals surface area contributed by atoms with E-state index in [1.807, 2.05) is 6.92 Å². The lowest BCUT2D eigenvalue weighted by Crippen LogP contribution is -2.17. The molecule has 0 unspecified atom stereocenters. The zero-order chi connectivity index (χ0) is 18.2. The van der Waals surface area contributed by atoms with Crippen LogP contribution >= 0.6 is 0 Å². The van der Waals surface area contributed by atoms with E-state index >= 15 is 0 Å². The van der Waals surface area contributed by atoms with Crippen LogP contribution in [0.2, 0.25) is 0 Å². The minimum Gasteiger partial charge on any atom is -0.493 e. The van der Waals surface area contributed by atoms with Gasteiger partial charge in [0.05, 0.1) is 24.9 Å². The van der Waals surface area contributed by atoms with Crippen molar-refractivity contribution in [3.63, 3.8) is 0 Å². The minimum absolute atomic E-state index is 0.0817. The number of non-ortho nitro benzene ring substituents is 1. The second kappa shape index (κ2) is 8.44. The molecule has 0 radical (unpaired) electrons. The number of methoxy groups -OCH3 is 1. The summed E-state index contributed by atoms with van der Waals surface area (Å²) >= 11 is 0. The van der Waals surface area contributed by atoms with Crippen LogP contribution in [0.5, 0.6) is 11.5 Å². The van der Waals surface area contributed by atoms with E-state index in [0.29, 0.717) is 23.7 Å². The number of hydrazone groups is 1. The minimum atomic E-state index is -0.528. The molecule has 8 nitrogen and oxygen atoms in total. The molecule has 0 fully saturated rings. The topological polar surface area (TPSA) is 103 Å². The predicted octanol–water partition coefficient (Wildman–Crippen LogP) is 2.77. The first-order chi connectivity index (χ1) is 12.0. The highest BCUT2D eigenvalue weighted by molar-refractivity contribution is 5.95. The molecule has 0 saturated heterocycles. The maximum atomic E-state index is 11.9. The molecule has 0 atom stereocenters. The molecule has 0 bridgehead atoms. The standard InChI is InChI=1S/C17H17N3O5/c1-3-25-16-10-12(4-9-15(16)24-2)11-18-19-17(21)13-5-7-14(8-6-13)20(22)23/h4-11H,3H2,1-2H3,(H,19,21)/b18-11-. The van der Waals surface area contributed by atoms with E-state index in [-0.39, 0.29) is 11.3 Å². The van der Waals surface area contributed by atoms with Crippen molar-refractivity contribution in [1.82, 2.24) is 5.43 Å². The maximum Gasteiger partial charge on any atom is 0.271 e. The van der Waals surface area contributed by atoms with Gasteiger partial charge in [-0.1, -0.05) is 0 Å². The number of rotatable bonds is 7. The Bertz CT molecular complexity index is 787. The molecule has 25 heavy (non-hydrogen) atoms. The summed E-state index contributed by atoms with van der Waals surface area (Å²) < 4.78 is 10.7. The third kappa shape index (κ3) is 4.77. The van der Waals surface area contributed by atoms with Gasteiger partial charge in [-0.3, -0.25) is 14.9 Å². The second-order valence-corrected chi connectivity index (χ2v) is 4.85. The summed E-state index contributed by atoms with van der Waals surface area (Å²) in [5.41, 5.74) is 3.27. The molecule has 0 heterocycles. The Morgan fingerprint density at radius 2 is 1.96 bits per heavy atom. The monoisotopic (exact) mass is 343 g/mol. The average Bonchev–Trinajstić information content (AvgIpc) is 2.62. The van der Waals surface area contributed by atoms with Gasteiger partial charge in [0.2, 0.25) is 0 Å². The molecular weight excluding hydrogens is 326 g/mol. The van der Waals surface area contributed by atoms with E-state index in [1.54, 1.807) is 25.3 Å². The second-order valence-electron chi connectivity index (χ2n) is 4.85. The lowest BCUT2D eigenvalue weighted by molar-refractivity contribution is -0.384. The van der Waals surface area contributed by atoms with Crippen LogP contribution in [-0.2, 0) is 0 Å². The predicted molar refractivity (Wildman–Crippen MR) is 92.3 cm³/mol. The van der Waals surface area contributed by atoms with Crippen molar-refractivity contribution in [2.75, 3.05) is 13.7 Å². The summed E-state index contributed by atoms with van der Waals surface area (Å²) in [6.07, 6.45) is 1.46. The number of ether oxygens (including phenoxy) is 2. The largest absolute Gasteiger partial charge is 0.493 e. The zero-order valence-electron chi connectivity index (χ0n) is 13.8. The molecule has 8 heteroatoms. The molecule has 2 aromatic rings. The third-order valence-corrected chi connectivity index (χ3v) is 3.21. The van der Waals surface area contributed by atoms with Crippen molar-refractivity contribution in [3.05, 3.63) is 63.7 Å². The SMILES string of the molecule is CCOc1cc(/C=N\NC(=O)c2ccc([N+](=O)[O-])cc2)ccc1OC. The molecule has 0 aliphatic heterocycles. The number of benzene rings is 2. The van der Waals surface area contributed by atoms with Crippen LogP contribution in [0, 0.1) is 10.1 Å². The average molecular weight is 343 g/mol. The van der Waals surface area contributed by atoms with E-state index in [9.17, 15) is 14.9 Å². The molecule has 1 amide bonds.